The van der Waals surface area contributed by atoms with E-state index < -0.39 is 0 Å². The molecular formula is C12H19FN2. The number of hydrogen-bond donors (Lipinski definition) is 1. The summed E-state index contributed by atoms with van der Waals surface area (Å²) in [5, 5.41) is 3.27. The molecule has 3 heteroatoms. The van der Waals surface area contributed by atoms with Crippen molar-refractivity contribution in [2.24, 2.45) is 0 Å². The van der Waals surface area contributed by atoms with Crippen molar-refractivity contribution in [3.8, 4) is 0 Å². The minimum absolute atomic E-state index is 0.0305. The molecule has 2 nitrogen and oxygen atoms in total. The average molecular weight is 210 g/mol. The van der Waals surface area contributed by atoms with Crippen LogP contribution in [-0.2, 0) is 5.41 Å². The van der Waals surface area contributed by atoms with E-state index in [0.29, 0.717) is 0 Å². The highest BCUT2D eigenvalue weighted by Gasteiger charge is 2.20. The third-order valence-electron chi connectivity index (χ3n) is 2.66. The van der Waals surface area contributed by atoms with Crippen molar-refractivity contribution in [3.05, 3.63) is 29.8 Å². The maximum absolute atomic E-state index is 13.0. The highest BCUT2D eigenvalue weighted by atomic mass is 19.1. The summed E-state index contributed by atoms with van der Waals surface area (Å²) in [5.74, 6) is -0.260. The van der Waals surface area contributed by atoms with Crippen LogP contribution in [0.15, 0.2) is 18.5 Å². The van der Waals surface area contributed by atoms with E-state index in [0.717, 1.165) is 25.1 Å². The summed E-state index contributed by atoms with van der Waals surface area (Å²) in [6.07, 6.45) is 3.96. The molecule has 0 aliphatic carbocycles. The lowest BCUT2D eigenvalue weighted by molar-refractivity contribution is 0.456. The molecular weight excluding hydrogens is 191 g/mol. The van der Waals surface area contributed by atoms with E-state index in [4.69, 9.17) is 0 Å². The number of aromatic nitrogens is 1. The van der Waals surface area contributed by atoms with E-state index >= 15 is 0 Å². The molecule has 84 valence electrons. The Morgan fingerprint density at radius 3 is 2.73 bits per heavy atom. The molecule has 15 heavy (non-hydrogen) atoms. The molecule has 0 aromatic carbocycles. The van der Waals surface area contributed by atoms with Gasteiger partial charge in [-0.2, -0.15) is 0 Å². The summed E-state index contributed by atoms with van der Waals surface area (Å²) in [7, 11) is 0. The predicted octanol–water partition coefficient (Wildman–Crippen LogP) is 2.50. The van der Waals surface area contributed by atoms with Gasteiger partial charge in [0.15, 0.2) is 0 Å². The van der Waals surface area contributed by atoms with Gasteiger partial charge in [0.2, 0.25) is 0 Å². The summed E-state index contributed by atoms with van der Waals surface area (Å²) < 4.78 is 13.0. The topological polar surface area (TPSA) is 24.9 Å². The second-order valence-corrected chi connectivity index (χ2v) is 4.38. The Morgan fingerprint density at radius 1 is 1.40 bits per heavy atom. The van der Waals surface area contributed by atoms with Crippen molar-refractivity contribution in [1.29, 1.82) is 0 Å². The van der Waals surface area contributed by atoms with Crippen molar-refractivity contribution in [2.75, 3.05) is 13.1 Å². The van der Waals surface area contributed by atoms with Gasteiger partial charge in [-0.15, -0.1) is 0 Å². The minimum atomic E-state index is -0.260. The number of pyridine rings is 1. The molecule has 0 spiro atoms. The Morgan fingerprint density at radius 2 is 2.13 bits per heavy atom. The molecule has 1 rings (SSSR count). The summed E-state index contributed by atoms with van der Waals surface area (Å²) in [4.78, 5) is 3.88. The molecule has 1 aromatic heterocycles. The molecule has 0 radical (unpaired) electrons. The molecule has 0 fully saturated rings. The quantitative estimate of drug-likeness (QED) is 0.755. The van der Waals surface area contributed by atoms with E-state index in [-0.39, 0.29) is 11.2 Å². The average Bonchev–Trinajstić information content (AvgIpc) is 2.18. The Balaban J connectivity index is 2.67. The van der Waals surface area contributed by atoms with Gasteiger partial charge in [0.25, 0.3) is 0 Å². The van der Waals surface area contributed by atoms with Crippen molar-refractivity contribution in [2.45, 2.75) is 32.6 Å². The van der Waals surface area contributed by atoms with Crippen LogP contribution in [0.4, 0.5) is 4.39 Å². The van der Waals surface area contributed by atoms with Crippen LogP contribution in [0.3, 0.4) is 0 Å². The molecule has 0 atom stereocenters. The maximum Gasteiger partial charge on any atom is 0.141 e. The zero-order valence-electron chi connectivity index (χ0n) is 9.68. The lowest BCUT2D eigenvalue weighted by atomic mass is 9.82. The number of hydrogen-bond acceptors (Lipinski definition) is 2. The molecule has 0 aliphatic heterocycles. The van der Waals surface area contributed by atoms with Gasteiger partial charge in [-0.05, 0) is 36.6 Å². The Bertz CT molecular complexity index is 310. The number of rotatable bonds is 5. The second-order valence-electron chi connectivity index (χ2n) is 4.38. The van der Waals surface area contributed by atoms with Crippen molar-refractivity contribution in [1.82, 2.24) is 10.3 Å². The fourth-order valence-electron chi connectivity index (χ4n) is 1.50. The molecule has 0 saturated carbocycles. The first-order valence-corrected chi connectivity index (χ1v) is 5.38. The highest BCUT2D eigenvalue weighted by Crippen LogP contribution is 2.26. The standard InChI is InChI=1S/C12H19FN2/c1-4-14-6-5-12(2,3)10-7-11(13)9-15-8-10/h7-9,14H,4-6H2,1-3H3. The lowest BCUT2D eigenvalue weighted by Crippen LogP contribution is -2.25. The molecule has 1 N–H and O–H groups in total. The van der Waals surface area contributed by atoms with Crippen LogP contribution in [0.1, 0.15) is 32.8 Å². The zero-order chi connectivity index (χ0) is 11.3. The molecule has 0 unspecified atom stereocenters. The van der Waals surface area contributed by atoms with Gasteiger partial charge in [-0.25, -0.2) is 4.39 Å². The summed E-state index contributed by atoms with van der Waals surface area (Å²) in [6.45, 7) is 8.22. The second kappa shape index (κ2) is 5.21. The molecule has 0 bridgehead atoms. The highest BCUT2D eigenvalue weighted by molar-refractivity contribution is 5.20. The summed E-state index contributed by atoms with van der Waals surface area (Å²) in [5.41, 5.74) is 0.928. The molecule has 0 amide bonds. The molecule has 1 aromatic rings. The van der Waals surface area contributed by atoms with Gasteiger partial charge < -0.3 is 5.32 Å². The summed E-state index contributed by atoms with van der Waals surface area (Å²) in [6, 6.07) is 1.57. The molecule has 0 saturated heterocycles. The van der Waals surface area contributed by atoms with Crippen LogP contribution in [0, 0.1) is 5.82 Å². The largest absolute Gasteiger partial charge is 0.317 e. The first-order valence-electron chi connectivity index (χ1n) is 5.38. The Kier molecular flexibility index (Phi) is 4.21. The van der Waals surface area contributed by atoms with Crippen LogP contribution in [0.5, 0.6) is 0 Å². The normalized spacial score (nSPS) is 11.7. The Labute approximate surface area is 90.9 Å². The number of nitrogens with zero attached hydrogens (tertiary/aromatic N) is 1. The molecule has 0 aliphatic rings. The first-order chi connectivity index (χ1) is 7.06. The third kappa shape index (κ3) is 3.59. The minimum Gasteiger partial charge on any atom is -0.317 e. The fourth-order valence-corrected chi connectivity index (χ4v) is 1.50. The maximum atomic E-state index is 13.0. The predicted molar refractivity (Wildman–Crippen MR) is 60.4 cm³/mol. The molecule has 1 heterocycles. The van der Waals surface area contributed by atoms with Gasteiger partial charge in [-0.3, -0.25) is 4.98 Å². The summed E-state index contributed by atoms with van der Waals surface area (Å²) >= 11 is 0. The fraction of sp³-hybridized carbons (Fsp3) is 0.583. The van der Waals surface area contributed by atoms with Gasteiger partial charge in [-0.1, -0.05) is 20.8 Å². The van der Waals surface area contributed by atoms with Crippen LogP contribution >= 0.6 is 0 Å². The smallest absolute Gasteiger partial charge is 0.141 e. The first kappa shape index (κ1) is 12.1. The van der Waals surface area contributed by atoms with Crippen LogP contribution < -0.4 is 5.32 Å². The van der Waals surface area contributed by atoms with E-state index in [1.165, 1.54) is 6.20 Å². The van der Waals surface area contributed by atoms with Crippen LogP contribution in [0.2, 0.25) is 0 Å². The van der Waals surface area contributed by atoms with E-state index in [9.17, 15) is 4.39 Å². The van der Waals surface area contributed by atoms with Gasteiger partial charge in [0, 0.05) is 6.20 Å². The Hall–Kier alpha value is -0.960. The van der Waals surface area contributed by atoms with E-state index in [1.807, 2.05) is 0 Å². The van der Waals surface area contributed by atoms with Gasteiger partial charge in [0.1, 0.15) is 5.82 Å². The van der Waals surface area contributed by atoms with Gasteiger partial charge in [0.05, 0.1) is 6.20 Å². The van der Waals surface area contributed by atoms with Gasteiger partial charge >= 0.3 is 0 Å². The van der Waals surface area contributed by atoms with Crippen LogP contribution in [0.25, 0.3) is 0 Å². The van der Waals surface area contributed by atoms with Crippen molar-refractivity contribution in [3.63, 3.8) is 0 Å². The lowest BCUT2D eigenvalue weighted by Gasteiger charge is -2.24. The van der Waals surface area contributed by atoms with Crippen molar-refractivity contribution >= 4 is 0 Å². The SMILES string of the molecule is CCNCCC(C)(C)c1cncc(F)c1. The number of halogens is 1. The zero-order valence-corrected chi connectivity index (χ0v) is 9.68. The number of nitrogens with one attached hydrogen (secondary N) is 1. The monoisotopic (exact) mass is 210 g/mol. The van der Waals surface area contributed by atoms with E-state index in [2.05, 4.69) is 31.1 Å². The third-order valence-corrected chi connectivity index (χ3v) is 2.66. The van der Waals surface area contributed by atoms with Crippen molar-refractivity contribution < 1.29 is 4.39 Å². The van der Waals surface area contributed by atoms with E-state index in [1.54, 1.807) is 12.3 Å². The van der Waals surface area contributed by atoms with Crippen LogP contribution in [-0.4, -0.2) is 18.1 Å².